The van der Waals surface area contributed by atoms with Gasteiger partial charge in [-0.2, -0.15) is 0 Å². The van der Waals surface area contributed by atoms with Gasteiger partial charge in [-0.15, -0.1) is 0 Å². The number of hydrogen-bond acceptors (Lipinski definition) is 7. The molecule has 1 amide bonds. The Morgan fingerprint density at radius 2 is 1.84 bits per heavy atom. The molecule has 2 unspecified atom stereocenters. The molecule has 2 N–H and O–H groups in total. The number of benzene rings is 1. The van der Waals surface area contributed by atoms with Crippen molar-refractivity contribution in [2.75, 3.05) is 10.6 Å². The lowest BCUT2D eigenvalue weighted by Gasteiger charge is -2.21. The largest absolute Gasteiger partial charge is 0.336 e. The van der Waals surface area contributed by atoms with Crippen molar-refractivity contribution >= 4 is 28.9 Å². The maximum atomic E-state index is 15.0. The summed E-state index contributed by atoms with van der Waals surface area (Å²) < 4.78 is 29.3. The Bertz CT molecular complexity index is 1280. The fourth-order valence-corrected chi connectivity index (χ4v) is 4.06. The van der Waals surface area contributed by atoms with Gasteiger partial charge in [-0.3, -0.25) is 9.59 Å². The number of nitrogens with zero attached hydrogens (tertiary/aromatic N) is 4. The summed E-state index contributed by atoms with van der Waals surface area (Å²) in [6.45, 7) is 5.79. The third-order valence-corrected chi connectivity index (χ3v) is 6.70. The van der Waals surface area contributed by atoms with Crippen LogP contribution in [0.1, 0.15) is 85.3 Å². The summed E-state index contributed by atoms with van der Waals surface area (Å²) >= 11 is 0. The minimum atomic E-state index is -1.30. The Balaban J connectivity index is 1.67. The number of carbonyl (C=O) groups is 2. The van der Waals surface area contributed by atoms with Crippen LogP contribution >= 0.6 is 0 Å². The Morgan fingerprint density at radius 1 is 1.11 bits per heavy atom. The predicted molar refractivity (Wildman–Crippen MR) is 136 cm³/mol. The van der Waals surface area contributed by atoms with Crippen LogP contribution in [0.2, 0.25) is 0 Å². The molecule has 0 spiro atoms. The highest BCUT2D eigenvalue weighted by Gasteiger charge is 2.30. The Labute approximate surface area is 214 Å². The third-order valence-electron chi connectivity index (χ3n) is 6.70. The van der Waals surface area contributed by atoms with Crippen molar-refractivity contribution in [1.29, 1.82) is 0 Å². The fourth-order valence-electron chi connectivity index (χ4n) is 4.06. The minimum absolute atomic E-state index is 0.0362. The first-order valence-corrected chi connectivity index (χ1v) is 12.5. The van der Waals surface area contributed by atoms with Crippen molar-refractivity contribution in [3.05, 3.63) is 65.6 Å². The highest BCUT2D eigenvalue weighted by atomic mass is 19.2. The number of rotatable bonds is 11. The van der Waals surface area contributed by atoms with Crippen LogP contribution in [0.4, 0.5) is 26.0 Å². The van der Waals surface area contributed by atoms with Gasteiger partial charge in [0.2, 0.25) is 0 Å². The second-order valence-corrected chi connectivity index (χ2v) is 9.53. The van der Waals surface area contributed by atoms with Crippen molar-refractivity contribution in [3.8, 4) is 0 Å². The predicted octanol–water partition coefficient (Wildman–Crippen LogP) is 6.06. The maximum absolute atomic E-state index is 15.0. The number of unbranched alkanes of at least 4 members (excludes halogenated alkanes) is 1. The topological polar surface area (TPSA) is 110 Å². The summed E-state index contributed by atoms with van der Waals surface area (Å²) in [6, 6.07) is 2.11. The van der Waals surface area contributed by atoms with E-state index in [1.54, 1.807) is 13.1 Å². The lowest BCUT2D eigenvalue weighted by atomic mass is 9.85. The molecule has 194 valence electrons. The van der Waals surface area contributed by atoms with Gasteiger partial charge in [0.05, 0.1) is 35.7 Å². The van der Waals surface area contributed by atoms with Gasteiger partial charge in [0.1, 0.15) is 6.33 Å². The minimum Gasteiger partial charge on any atom is -0.336 e. The number of Topliss-reactive ketones (excluding diaryl/α,β-unsaturated/α-hetero) is 1. The molecule has 37 heavy (non-hydrogen) atoms. The summed E-state index contributed by atoms with van der Waals surface area (Å²) in [5.74, 6) is -3.77. The Hall–Kier alpha value is -3.82. The second kappa shape index (κ2) is 11.5. The SMILES string of the molecule is CCCCC(C)C(C)C(=O)c1ccc(F)c(F)c1NC(=O)c1nc(C2CC2)cnc1Nc1cncnc1. The van der Waals surface area contributed by atoms with Gasteiger partial charge in [0.25, 0.3) is 5.91 Å². The highest BCUT2D eigenvalue weighted by molar-refractivity contribution is 6.11. The zero-order chi connectivity index (χ0) is 26.5. The summed E-state index contributed by atoms with van der Waals surface area (Å²) in [4.78, 5) is 43.4. The van der Waals surface area contributed by atoms with Gasteiger partial charge in [-0.05, 0) is 30.9 Å². The second-order valence-electron chi connectivity index (χ2n) is 9.53. The quantitative estimate of drug-likeness (QED) is 0.303. The first-order chi connectivity index (χ1) is 17.8. The fraction of sp³-hybridized carbons (Fsp3) is 0.407. The van der Waals surface area contributed by atoms with E-state index in [-0.39, 0.29) is 34.7 Å². The molecule has 1 aliphatic carbocycles. The van der Waals surface area contributed by atoms with Crippen molar-refractivity contribution in [2.24, 2.45) is 11.8 Å². The number of nitrogens with one attached hydrogen (secondary N) is 2. The lowest BCUT2D eigenvalue weighted by Crippen LogP contribution is -2.24. The van der Waals surface area contributed by atoms with Crippen LogP contribution in [0.3, 0.4) is 0 Å². The van der Waals surface area contributed by atoms with Crippen LogP contribution in [0.5, 0.6) is 0 Å². The number of amides is 1. The molecule has 1 aromatic carbocycles. The van der Waals surface area contributed by atoms with Crippen LogP contribution in [-0.2, 0) is 0 Å². The molecule has 0 bridgehead atoms. The molecule has 1 saturated carbocycles. The normalized spacial score (nSPS) is 14.6. The van der Waals surface area contributed by atoms with Crippen LogP contribution in [0.25, 0.3) is 0 Å². The smallest absolute Gasteiger partial charge is 0.278 e. The molecule has 3 aromatic rings. The van der Waals surface area contributed by atoms with Gasteiger partial charge >= 0.3 is 0 Å². The van der Waals surface area contributed by atoms with Crippen LogP contribution < -0.4 is 10.6 Å². The van der Waals surface area contributed by atoms with Gasteiger partial charge in [0.15, 0.2) is 28.9 Å². The van der Waals surface area contributed by atoms with Crippen LogP contribution in [0, 0.1) is 23.5 Å². The van der Waals surface area contributed by atoms with Gasteiger partial charge in [-0.25, -0.2) is 28.7 Å². The average Bonchev–Trinajstić information content (AvgIpc) is 3.75. The molecule has 4 rings (SSSR count). The Morgan fingerprint density at radius 3 is 2.51 bits per heavy atom. The van der Waals surface area contributed by atoms with Crippen molar-refractivity contribution in [2.45, 2.75) is 58.8 Å². The first kappa shape index (κ1) is 26.2. The molecule has 0 aliphatic heterocycles. The summed E-state index contributed by atoms with van der Waals surface area (Å²) in [7, 11) is 0. The standard InChI is InChI=1S/C27H30F2N6O2/c1-4-5-6-15(2)16(3)25(36)19-9-10-20(28)22(29)23(19)35-27(37)24-26(33-18-11-30-14-31-12-18)32-13-21(34-24)17-7-8-17/h9-17H,4-8H2,1-3H3,(H,32,33)(H,35,37). The molecule has 2 heterocycles. The number of aromatic nitrogens is 4. The zero-order valence-corrected chi connectivity index (χ0v) is 21.1. The number of carbonyl (C=O) groups excluding carboxylic acids is 2. The third kappa shape index (κ3) is 6.12. The summed E-state index contributed by atoms with van der Waals surface area (Å²) in [6.07, 6.45) is 10.6. The lowest BCUT2D eigenvalue weighted by molar-refractivity contribution is 0.0889. The van der Waals surface area contributed by atoms with Gasteiger partial charge in [-0.1, -0.05) is 40.0 Å². The zero-order valence-electron chi connectivity index (χ0n) is 21.1. The highest BCUT2D eigenvalue weighted by Crippen LogP contribution is 2.39. The molecule has 1 aliphatic rings. The van der Waals surface area contributed by atoms with E-state index in [2.05, 4.69) is 37.5 Å². The van der Waals surface area contributed by atoms with E-state index in [9.17, 15) is 14.0 Å². The number of ketones is 1. The molecule has 10 heteroatoms. The van der Waals surface area contributed by atoms with Crippen LogP contribution in [-0.4, -0.2) is 31.6 Å². The molecule has 0 radical (unpaired) electrons. The number of anilines is 3. The number of hydrogen-bond donors (Lipinski definition) is 2. The molecule has 8 nitrogen and oxygen atoms in total. The van der Waals surface area contributed by atoms with E-state index in [0.717, 1.165) is 38.2 Å². The van der Waals surface area contributed by atoms with Crippen molar-refractivity contribution in [3.63, 3.8) is 0 Å². The number of halogens is 2. The summed E-state index contributed by atoms with van der Waals surface area (Å²) in [5, 5.41) is 5.37. The van der Waals surface area contributed by atoms with E-state index < -0.39 is 29.1 Å². The van der Waals surface area contributed by atoms with Gasteiger partial charge < -0.3 is 10.6 Å². The molecular weight excluding hydrogens is 478 g/mol. The monoisotopic (exact) mass is 508 g/mol. The van der Waals surface area contributed by atoms with E-state index in [4.69, 9.17) is 0 Å². The molecule has 2 aromatic heterocycles. The maximum Gasteiger partial charge on any atom is 0.278 e. The van der Waals surface area contributed by atoms with Crippen molar-refractivity contribution in [1.82, 2.24) is 19.9 Å². The van der Waals surface area contributed by atoms with Gasteiger partial charge in [0, 0.05) is 17.4 Å². The average molecular weight is 509 g/mol. The van der Waals surface area contributed by atoms with E-state index in [1.165, 1.54) is 24.8 Å². The van der Waals surface area contributed by atoms with Crippen molar-refractivity contribution < 1.29 is 18.4 Å². The molecule has 1 fully saturated rings. The van der Waals surface area contributed by atoms with E-state index >= 15 is 4.39 Å². The first-order valence-electron chi connectivity index (χ1n) is 12.5. The molecule has 0 saturated heterocycles. The van der Waals surface area contributed by atoms with Crippen LogP contribution in [0.15, 0.2) is 37.1 Å². The molecule has 2 atom stereocenters. The van der Waals surface area contributed by atoms with E-state index in [0.29, 0.717) is 11.4 Å². The Kier molecular flexibility index (Phi) is 8.15. The van der Waals surface area contributed by atoms with E-state index in [1.807, 2.05) is 6.92 Å². The molecular formula is C27H30F2N6O2. The summed E-state index contributed by atoms with van der Waals surface area (Å²) in [5.41, 5.74) is 0.402.